The highest BCUT2D eigenvalue weighted by Gasteiger charge is 2.07. The molecule has 0 aromatic carbocycles. The van der Waals surface area contributed by atoms with Crippen molar-refractivity contribution in [2.24, 2.45) is 0 Å². The van der Waals surface area contributed by atoms with Gasteiger partial charge in [0, 0.05) is 12.8 Å². The van der Waals surface area contributed by atoms with E-state index in [0.29, 0.717) is 26.1 Å². The lowest BCUT2D eigenvalue weighted by Gasteiger charge is -2.16. The Kier molecular flexibility index (Phi) is 31.7. The molecule has 0 aliphatic carbocycles. The normalized spacial score (nSPS) is 13.1. The van der Waals surface area contributed by atoms with Crippen LogP contribution in [-0.4, -0.2) is 70.5 Å². The number of carbonyl (C=O) groups is 2. The summed E-state index contributed by atoms with van der Waals surface area (Å²) in [6.07, 6.45) is 11.1. The Balaban J connectivity index is -0.000000415. The van der Waals surface area contributed by atoms with E-state index in [4.69, 9.17) is 29.9 Å². The van der Waals surface area contributed by atoms with Gasteiger partial charge >= 0.3 is 11.9 Å². The summed E-state index contributed by atoms with van der Waals surface area (Å²) in [7, 11) is 0. The van der Waals surface area contributed by atoms with Crippen LogP contribution in [0.15, 0.2) is 0 Å². The fourth-order valence-corrected chi connectivity index (χ4v) is 2.46. The molecule has 0 fully saturated rings. The predicted octanol–water partition coefficient (Wildman–Crippen LogP) is 5.03. The molecule has 0 spiro atoms. The molecule has 3 unspecified atom stereocenters. The van der Waals surface area contributed by atoms with Crippen molar-refractivity contribution in [3.63, 3.8) is 0 Å². The number of rotatable bonds is 19. The van der Waals surface area contributed by atoms with Crippen molar-refractivity contribution < 1.29 is 39.5 Å². The van der Waals surface area contributed by atoms with Gasteiger partial charge in [0.1, 0.15) is 0 Å². The largest absolute Gasteiger partial charge is 0.481 e. The van der Waals surface area contributed by atoms with Crippen molar-refractivity contribution >= 4 is 11.9 Å². The van der Waals surface area contributed by atoms with E-state index in [1.807, 2.05) is 6.92 Å². The standard InChI is InChI=1S/C9H20O4.2C8H16O2/c1-7(11)5-12-9(3)6-13-8(2)4-10;2*1-2-3-4-5-6-7-8(9)10/h7-11H,4-6H2,1-3H3;2*2-7H2,1H3,(H,9,10). The third kappa shape index (κ3) is 41.5. The third-order valence-corrected chi connectivity index (χ3v) is 4.48. The van der Waals surface area contributed by atoms with Crippen molar-refractivity contribution in [3.05, 3.63) is 0 Å². The zero-order chi connectivity index (χ0) is 25.9. The van der Waals surface area contributed by atoms with Crippen molar-refractivity contribution in [1.82, 2.24) is 0 Å². The average Bonchev–Trinajstić information content (AvgIpc) is 2.76. The minimum atomic E-state index is -0.670. The lowest BCUT2D eigenvalue weighted by molar-refractivity contribution is -0.138. The number of aliphatic hydroxyl groups excluding tert-OH is 2. The topological polar surface area (TPSA) is 134 Å². The summed E-state index contributed by atoms with van der Waals surface area (Å²) in [5.41, 5.74) is 0. The highest BCUT2D eigenvalue weighted by molar-refractivity contribution is 5.66. The molecule has 0 aliphatic rings. The summed E-state index contributed by atoms with van der Waals surface area (Å²) >= 11 is 0. The van der Waals surface area contributed by atoms with Crippen molar-refractivity contribution in [1.29, 1.82) is 0 Å². The van der Waals surface area contributed by atoms with Crippen molar-refractivity contribution in [3.8, 4) is 0 Å². The van der Waals surface area contributed by atoms with E-state index in [0.717, 1.165) is 25.7 Å². The molecule has 0 rings (SSSR count). The van der Waals surface area contributed by atoms with Gasteiger partial charge in [0.2, 0.25) is 0 Å². The summed E-state index contributed by atoms with van der Waals surface area (Å²) in [5, 5.41) is 34.1. The molecule has 33 heavy (non-hydrogen) atoms. The molecule has 200 valence electrons. The molecule has 8 heteroatoms. The number of hydrogen-bond acceptors (Lipinski definition) is 6. The molecular formula is C25H52O8. The van der Waals surface area contributed by atoms with E-state index in [-0.39, 0.29) is 18.8 Å². The maximum atomic E-state index is 10.0. The Morgan fingerprint density at radius 3 is 1.39 bits per heavy atom. The van der Waals surface area contributed by atoms with E-state index in [1.165, 1.54) is 38.5 Å². The molecular weight excluding hydrogens is 428 g/mol. The summed E-state index contributed by atoms with van der Waals surface area (Å²) in [5.74, 6) is -1.34. The number of carboxylic acids is 2. The smallest absolute Gasteiger partial charge is 0.303 e. The Labute approximate surface area is 201 Å². The van der Waals surface area contributed by atoms with Gasteiger partial charge in [0.05, 0.1) is 38.1 Å². The number of carboxylic acid groups (broad SMARTS) is 2. The molecule has 8 nitrogen and oxygen atoms in total. The molecule has 0 aromatic heterocycles. The molecule has 0 saturated carbocycles. The monoisotopic (exact) mass is 480 g/mol. The minimum absolute atomic E-state index is 0.0170. The van der Waals surface area contributed by atoms with Gasteiger partial charge in [0.25, 0.3) is 0 Å². The zero-order valence-corrected chi connectivity index (χ0v) is 21.8. The second-order valence-electron chi connectivity index (χ2n) is 8.44. The van der Waals surface area contributed by atoms with Gasteiger partial charge in [-0.3, -0.25) is 9.59 Å². The van der Waals surface area contributed by atoms with Gasteiger partial charge in [-0.05, 0) is 33.6 Å². The van der Waals surface area contributed by atoms with Crippen LogP contribution < -0.4 is 0 Å². The van der Waals surface area contributed by atoms with E-state index in [2.05, 4.69) is 13.8 Å². The number of ether oxygens (including phenoxy) is 2. The third-order valence-electron chi connectivity index (χ3n) is 4.48. The molecule has 0 heterocycles. The first-order valence-electron chi connectivity index (χ1n) is 12.6. The second-order valence-corrected chi connectivity index (χ2v) is 8.44. The van der Waals surface area contributed by atoms with Crippen LogP contribution in [0.4, 0.5) is 0 Å². The maximum absolute atomic E-state index is 10.0. The first-order chi connectivity index (χ1) is 15.6. The zero-order valence-electron chi connectivity index (χ0n) is 21.8. The van der Waals surface area contributed by atoms with Gasteiger partial charge in [-0.2, -0.15) is 0 Å². The van der Waals surface area contributed by atoms with Crippen LogP contribution in [0.1, 0.15) is 112 Å². The average molecular weight is 481 g/mol. The summed E-state index contributed by atoms with van der Waals surface area (Å²) in [4.78, 5) is 20.1. The highest BCUT2D eigenvalue weighted by Crippen LogP contribution is 2.05. The minimum Gasteiger partial charge on any atom is -0.481 e. The fourth-order valence-electron chi connectivity index (χ4n) is 2.46. The van der Waals surface area contributed by atoms with Gasteiger partial charge in [-0.1, -0.05) is 65.2 Å². The van der Waals surface area contributed by atoms with Crippen LogP contribution in [0.25, 0.3) is 0 Å². The van der Waals surface area contributed by atoms with E-state index < -0.39 is 18.0 Å². The van der Waals surface area contributed by atoms with Crippen LogP contribution in [-0.2, 0) is 19.1 Å². The van der Waals surface area contributed by atoms with E-state index in [9.17, 15) is 9.59 Å². The quantitative estimate of drug-likeness (QED) is 0.189. The number of aliphatic carboxylic acids is 2. The summed E-state index contributed by atoms with van der Waals surface area (Å²) in [6, 6.07) is 0. The fraction of sp³-hybridized carbons (Fsp3) is 0.920. The van der Waals surface area contributed by atoms with Crippen LogP contribution >= 0.6 is 0 Å². The van der Waals surface area contributed by atoms with Gasteiger partial charge in [-0.15, -0.1) is 0 Å². The van der Waals surface area contributed by atoms with Crippen molar-refractivity contribution in [2.45, 2.75) is 130 Å². The van der Waals surface area contributed by atoms with Crippen LogP contribution in [0, 0.1) is 0 Å². The first kappa shape index (κ1) is 36.4. The van der Waals surface area contributed by atoms with E-state index >= 15 is 0 Å². The van der Waals surface area contributed by atoms with Gasteiger partial charge in [-0.25, -0.2) is 0 Å². The SMILES string of the molecule is CC(O)COC(C)COC(C)CO.CCCCCCCC(=O)O.CCCCCCCC(=O)O. The molecule has 0 saturated heterocycles. The Hall–Kier alpha value is -1.22. The lowest BCUT2D eigenvalue weighted by atomic mass is 10.1. The second kappa shape index (κ2) is 28.8. The van der Waals surface area contributed by atoms with Crippen molar-refractivity contribution in [2.75, 3.05) is 19.8 Å². The molecule has 0 aromatic rings. The van der Waals surface area contributed by atoms with Crippen LogP contribution in [0.2, 0.25) is 0 Å². The molecule has 0 amide bonds. The summed E-state index contributed by atoms with van der Waals surface area (Å²) in [6.45, 7) is 10.4. The van der Waals surface area contributed by atoms with Gasteiger partial charge < -0.3 is 29.9 Å². The van der Waals surface area contributed by atoms with E-state index in [1.54, 1.807) is 13.8 Å². The first-order valence-corrected chi connectivity index (χ1v) is 12.6. The molecule has 3 atom stereocenters. The Bertz CT molecular complexity index is 391. The number of hydrogen-bond donors (Lipinski definition) is 4. The predicted molar refractivity (Wildman–Crippen MR) is 132 cm³/mol. The Morgan fingerprint density at radius 1 is 0.667 bits per heavy atom. The molecule has 4 N–H and O–H groups in total. The molecule has 0 bridgehead atoms. The molecule has 0 aliphatic heterocycles. The lowest BCUT2D eigenvalue weighted by Crippen LogP contribution is -2.24. The highest BCUT2D eigenvalue weighted by atomic mass is 16.5. The number of aliphatic hydroxyl groups is 2. The van der Waals surface area contributed by atoms with Gasteiger partial charge in [0.15, 0.2) is 0 Å². The maximum Gasteiger partial charge on any atom is 0.303 e. The van der Waals surface area contributed by atoms with Crippen LogP contribution in [0.3, 0.4) is 0 Å². The summed E-state index contributed by atoms with van der Waals surface area (Å²) < 4.78 is 10.5. The van der Waals surface area contributed by atoms with Crippen LogP contribution in [0.5, 0.6) is 0 Å². The number of unbranched alkanes of at least 4 members (excludes halogenated alkanes) is 8. The Morgan fingerprint density at radius 2 is 1.06 bits per heavy atom. The molecule has 0 radical (unpaired) electrons.